The highest BCUT2D eigenvalue weighted by atomic mass is 16.5. The number of ether oxygens (including phenoxy) is 3. The fraction of sp³-hybridized carbons (Fsp3) is 0.653. The Balaban J connectivity index is 2.40. The van der Waals surface area contributed by atoms with Crippen molar-refractivity contribution in [3.8, 4) is 0 Å². The van der Waals surface area contributed by atoms with Crippen molar-refractivity contribution in [3.05, 3.63) is 83.5 Å². The maximum atomic E-state index is 13.0. The zero-order valence-electron chi connectivity index (χ0n) is 36.0. The summed E-state index contributed by atoms with van der Waals surface area (Å²) in [6.07, 6.45) is 45.5. The molecule has 0 radical (unpaired) electrons. The van der Waals surface area contributed by atoms with Crippen LogP contribution in [0.4, 0.5) is 0 Å². The molecule has 1 aromatic carbocycles. The average Bonchev–Trinajstić information content (AvgIpc) is 3.19. The van der Waals surface area contributed by atoms with Crippen molar-refractivity contribution in [1.82, 2.24) is 4.90 Å². The highest BCUT2D eigenvalue weighted by Crippen LogP contribution is 2.16. The lowest BCUT2D eigenvalue weighted by Gasteiger charge is -2.12. The van der Waals surface area contributed by atoms with Crippen molar-refractivity contribution in [2.45, 2.75) is 168 Å². The van der Waals surface area contributed by atoms with Crippen molar-refractivity contribution in [2.75, 3.05) is 40.5 Å². The van der Waals surface area contributed by atoms with Crippen LogP contribution in [0.2, 0.25) is 0 Å². The SMILES string of the molecule is CCCCC/C=C\C/C=C\CCCCCCCCOC(=O)c1cc(C(=O)OCCCCCCCC/C=C\C/C=C\CCCCC)cc(C(=O)OCCN(C)C)c1. The first-order chi connectivity index (χ1) is 27.4. The van der Waals surface area contributed by atoms with Crippen LogP contribution >= 0.6 is 0 Å². The Bertz CT molecular complexity index is 1180. The predicted octanol–water partition coefficient (Wildman–Crippen LogP) is 13.3. The van der Waals surface area contributed by atoms with Gasteiger partial charge in [-0.2, -0.15) is 0 Å². The summed E-state index contributed by atoms with van der Waals surface area (Å²) in [5, 5.41) is 0. The van der Waals surface area contributed by atoms with Gasteiger partial charge in [-0.1, -0.05) is 140 Å². The Labute approximate surface area is 342 Å². The van der Waals surface area contributed by atoms with Crippen molar-refractivity contribution < 1.29 is 28.6 Å². The van der Waals surface area contributed by atoms with E-state index in [0.717, 1.165) is 77.0 Å². The lowest BCUT2D eigenvalue weighted by molar-refractivity contribution is 0.0481. The standard InChI is InChI=1S/C49H79NO6/c1-5-7-9-11-13-15-17-19-21-23-25-27-29-31-33-35-38-54-47(51)44-41-45(43-46(42-44)49(53)56-40-37-50(3)4)48(52)55-39-36-34-32-30-28-26-24-22-20-18-16-14-12-10-8-6-2/h13-16,19-22,41-43H,5-12,17-18,23-40H2,1-4H3/b15-13-,16-14-,21-19-,22-20-. The molecule has 0 aromatic heterocycles. The van der Waals surface area contributed by atoms with E-state index in [0.29, 0.717) is 19.8 Å². The minimum absolute atomic E-state index is 0.132. The summed E-state index contributed by atoms with van der Waals surface area (Å²) in [5.74, 6) is -1.71. The molecule has 1 aromatic rings. The van der Waals surface area contributed by atoms with Gasteiger partial charge in [0.05, 0.1) is 29.9 Å². The Morgan fingerprint density at radius 3 is 1.07 bits per heavy atom. The van der Waals surface area contributed by atoms with Crippen LogP contribution in [0, 0.1) is 0 Å². The Kier molecular flexibility index (Phi) is 33.5. The first kappa shape index (κ1) is 50.6. The summed E-state index contributed by atoms with van der Waals surface area (Å²) in [4.78, 5) is 40.8. The highest BCUT2D eigenvalue weighted by Gasteiger charge is 2.19. The van der Waals surface area contributed by atoms with Crippen LogP contribution in [0.3, 0.4) is 0 Å². The predicted molar refractivity (Wildman–Crippen MR) is 235 cm³/mol. The number of hydrogen-bond donors (Lipinski definition) is 0. The van der Waals surface area contributed by atoms with Gasteiger partial charge < -0.3 is 19.1 Å². The van der Waals surface area contributed by atoms with Crippen LogP contribution in [0.15, 0.2) is 66.8 Å². The summed E-state index contributed by atoms with van der Waals surface area (Å²) in [5.41, 5.74) is 0.424. The molecule has 0 N–H and O–H groups in total. The second-order valence-electron chi connectivity index (χ2n) is 15.2. The minimum atomic E-state index is -0.592. The summed E-state index contributed by atoms with van der Waals surface area (Å²) < 4.78 is 16.5. The van der Waals surface area contributed by atoms with Gasteiger partial charge in [-0.15, -0.1) is 0 Å². The Morgan fingerprint density at radius 2 is 0.732 bits per heavy atom. The molecule has 0 atom stereocenters. The maximum absolute atomic E-state index is 13.0. The van der Waals surface area contributed by atoms with Crippen molar-refractivity contribution >= 4 is 17.9 Å². The maximum Gasteiger partial charge on any atom is 0.338 e. The number of rotatable bonds is 36. The van der Waals surface area contributed by atoms with E-state index in [-0.39, 0.29) is 23.3 Å². The van der Waals surface area contributed by atoms with Crippen LogP contribution < -0.4 is 0 Å². The molecular weight excluding hydrogens is 699 g/mol. The van der Waals surface area contributed by atoms with Gasteiger partial charge in [-0.25, -0.2) is 14.4 Å². The monoisotopic (exact) mass is 778 g/mol. The van der Waals surface area contributed by atoms with Gasteiger partial charge in [0.25, 0.3) is 0 Å². The van der Waals surface area contributed by atoms with Crippen LogP contribution in [-0.4, -0.2) is 63.3 Å². The molecule has 0 amide bonds. The molecule has 0 aliphatic heterocycles. The van der Waals surface area contributed by atoms with E-state index in [1.54, 1.807) is 0 Å². The second-order valence-corrected chi connectivity index (χ2v) is 15.2. The molecule has 0 aliphatic carbocycles. The molecule has 0 unspecified atom stereocenters. The van der Waals surface area contributed by atoms with Gasteiger partial charge >= 0.3 is 17.9 Å². The molecule has 7 heteroatoms. The van der Waals surface area contributed by atoms with Crippen molar-refractivity contribution in [1.29, 1.82) is 0 Å². The molecule has 7 nitrogen and oxygen atoms in total. The first-order valence-corrected chi connectivity index (χ1v) is 22.3. The normalized spacial score (nSPS) is 11.9. The van der Waals surface area contributed by atoms with Crippen molar-refractivity contribution in [3.63, 3.8) is 0 Å². The number of carbonyl (C=O) groups is 3. The fourth-order valence-corrected chi connectivity index (χ4v) is 6.06. The molecule has 0 heterocycles. The van der Waals surface area contributed by atoms with Gasteiger partial charge in [0.15, 0.2) is 0 Å². The number of esters is 3. The van der Waals surface area contributed by atoms with E-state index in [1.165, 1.54) is 95.2 Å². The molecule has 0 fully saturated rings. The molecule has 316 valence electrons. The summed E-state index contributed by atoms with van der Waals surface area (Å²) in [6.45, 7) is 5.81. The third-order valence-corrected chi connectivity index (χ3v) is 9.57. The minimum Gasteiger partial charge on any atom is -0.462 e. The number of nitrogens with zero attached hydrogens (tertiary/aromatic N) is 1. The zero-order chi connectivity index (χ0) is 40.7. The molecule has 0 aliphatic rings. The van der Waals surface area contributed by atoms with Gasteiger partial charge in [-0.05, 0) is 109 Å². The summed E-state index contributed by atoms with van der Waals surface area (Å²) >= 11 is 0. The van der Waals surface area contributed by atoms with Gasteiger partial charge in [0, 0.05) is 6.54 Å². The third kappa shape index (κ3) is 29.8. The van der Waals surface area contributed by atoms with Crippen LogP contribution in [0.25, 0.3) is 0 Å². The van der Waals surface area contributed by atoms with Crippen LogP contribution in [0.5, 0.6) is 0 Å². The summed E-state index contributed by atoms with van der Waals surface area (Å²) in [7, 11) is 3.78. The largest absolute Gasteiger partial charge is 0.462 e. The molecular formula is C49H79NO6. The number of benzene rings is 1. The van der Waals surface area contributed by atoms with Gasteiger partial charge in [0.2, 0.25) is 0 Å². The molecule has 1 rings (SSSR count). The average molecular weight is 778 g/mol. The van der Waals surface area contributed by atoms with E-state index < -0.39 is 17.9 Å². The smallest absolute Gasteiger partial charge is 0.338 e. The Hall–Kier alpha value is -3.45. The van der Waals surface area contributed by atoms with E-state index in [9.17, 15) is 14.4 Å². The lowest BCUT2D eigenvalue weighted by Crippen LogP contribution is -2.20. The number of hydrogen-bond acceptors (Lipinski definition) is 7. The quantitative estimate of drug-likeness (QED) is 0.0290. The van der Waals surface area contributed by atoms with Crippen LogP contribution in [0.1, 0.15) is 199 Å². The number of carbonyl (C=O) groups excluding carboxylic acids is 3. The van der Waals surface area contributed by atoms with E-state index in [4.69, 9.17) is 14.2 Å². The molecule has 0 saturated carbocycles. The van der Waals surface area contributed by atoms with E-state index >= 15 is 0 Å². The van der Waals surface area contributed by atoms with Gasteiger partial charge in [0.1, 0.15) is 6.61 Å². The number of likely N-dealkylation sites (N-methyl/N-ethyl adjacent to an activating group) is 1. The highest BCUT2D eigenvalue weighted by molar-refractivity contribution is 6.00. The third-order valence-electron chi connectivity index (χ3n) is 9.57. The topological polar surface area (TPSA) is 82.1 Å². The van der Waals surface area contributed by atoms with Gasteiger partial charge in [-0.3, -0.25) is 0 Å². The van der Waals surface area contributed by atoms with Crippen molar-refractivity contribution in [2.24, 2.45) is 0 Å². The molecule has 0 saturated heterocycles. The van der Waals surface area contributed by atoms with Crippen LogP contribution in [-0.2, 0) is 14.2 Å². The second kappa shape index (κ2) is 37.1. The lowest BCUT2D eigenvalue weighted by atomic mass is 10.1. The molecule has 0 bridgehead atoms. The molecule has 56 heavy (non-hydrogen) atoms. The Morgan fingerprint density at radius 1 is 0.429 bits per heavy atom. The van der Waals surface area contributed by atoms with E-state index in [1.807, 2.05) is 19.0 Å². The van der Waals surface area contributed by atoms with E-state index in [2.05, 4.69) is 62.5 Å². The number of allylic oxidation sites excluding steroid dienone is 8. The number of unbranched alkanes of at least 4 members (excludes halogenated alkanes) is 18. The first-order valence-electron chi connectivity index (χ1n) is 22.3. The zero-order valence-corrected chi connectivity index (χ0v) is 36.0. The fourth-order valence-electron chi connectivity index (χ4n) is 6.06. The summed E-state index contributed by atoms with van der Waals surface area (Å²) in [6, 6.07) is 4.34. The molecule has 0 spiro atoms.